The van der Waals surface area contributed by atoms with Crippen molar-refractivity contribution >= 4 is 59.0 Å². The van der Waals surface area contributed by atoms with Gasteiger partial charge in [0.25, 0.3) is 0 Å². The predicted molar refractivity (Wildman–Crippen MR) is 233 cm³/mol. The molecule has 2 aliphatic carbocycles. The van der Waals surface area contributed by atoms with Gasteiger partial charge in [0.2, 0.25) is 0 Å². The van der Waals surface area contributed by atoms with Crippen LogP contribution in [0.5, 0.6) is 0 Å². The Labute approximate surface area is 332 Å². The Kier molecular flexibility index (Phi) is 14.4. The molecule has 5 aliphatic heterocycles. The van der Waals surface area contributed by atoms with Crippen LogP contribution in [0.15, 0.2) is 0 Å². The van der Waals surface area contributed by atoms with Crippen LogP contribution in [0.4, 0.5) is 0 Å². The molecule has 0 aromatic heterocycles. The Morgan fingerprint density at radius 1 is 0.434 bits per heavy atom. The van der Waals surface area contributed by atoms with E-state index in [1.54, 1.807) is 0 Å². The third-order valence-electron chi connectivity index (χ3n) is 13.7. The van der Waals surface area contributed by atoms with Crippen molar-refractivity contribution in [3.8, 4) is 0 Å². The van der Waals surface area contributed by atoms with Gasteiger partial charge < -0.3 is 34.8 Å². The Morgan fingerprint density at radius 3 is 1.45 bits per heavy atom. The van der Waals surface area contributed by atoms with Gasteiger partial charge in [0.1, 0.15) is 0 Å². The first-order chi connectivity index (χ1) is 24.7. The minimum atomic E-state index is -2.46. The molecule has 2 bridgehead atoms. The number of ether oxygens (including phenoxy) is 2. The summed E-state index contributed by atoms with van der Waals surface area (Å²) in [5, 5.41) is 0. The highest BCUT2D eigenvalue weighted by Gasteiger charge is 2.52. The smallest absolute Gasteiger partial charge is 0.325 e. The van der Waals surface area contributed by atoms with Gasteiger partial charge >= 0.3 is 25.7 Å². The summed E-state index contributed by atoms with van der Waals surface area (Å²) in [5.74, 6) is 1.76. The van der Waals surface area contributed by atoms with E-state index in [0.29, 0.717) is 24.4 Å². The Balaban J connectivity index is 0.000000247. The number of hydrogen-bond donors (Lipinski definition) is 0. The molecule has 7 aliphatic rings. The first kappa shape index (κ1) is 43.8. The highest BCUT2D eigenvalue weighted by atomic mass is 28.5. The molecule has 53 heavy (non-hydrogen) atoms. The van der Waals surface area contributed by atoms with E-state index >= 15 is 0 Å². The van der Waals surface area contributed by atoms with Gasteiger partial charge in [-0.15, -0.1) is 0 Å². The van der Waals surface area contributed by atoms with Crippen molar-refractivity contribution in [2.45, 2.75) is 215 Å². The number of fused-ring (bicyclic) bond motifs is 4. The SMILES string of the molecule is C[Si]1(C)CC[Si]2(C)OCCCC[Si](C)(CCC3CCC4OC4C3)O[Si](C)(CC[Si](C)(C)O[Si](C)(C)O1)O2.C[Si]1(CCC2CCC3OC3C2)CCCCO1. The van der Waals surface area contributed by atoms with Crippen LogP contribution in [-0.4, -0.2) is 96.6 Å². The van der Waals surface area contributed by atoms with Crippen molar-refractivity contribution in [2.24, 2.45) is 11.8 Å². The summed E-state index contributed by atoms with van der Waals surface area (Å²) < 4.78 is 52.8. The zero-order valence-corrected chi connectivity index (χ0v) is 42.8. The van der Waals surface area contributed by atoms with Crippen LogP contribution in [0.3, 0.4) is 0 Å². The molecule has 0 radical (unpaired) electrons. The van der Waals surface area contributed by atoms with Crippen LogP contribution in [0.1, 0.15) is 77.0 Å². The van der Waals surface area contributed by atoms with Crippen molar-refractivity contribution in [2.75, 3.05) is 13.2 Å². The van der Waals surface area contributed by atoms with Gasteiger partial charge in [0, 0.05) is 13.2 Å². The van der Waals surface area contributed by atoms with Crippen LogP contribution in [0, 0.1) is 11.8 Å². The summed E-state index contributed by atoms with van der Waals surface area (Å²) in [4.78, 5) is 0. The van der Waals surface area contributed by atoms with Crippen LogP contribution < -0.4 is 0 Å². The van der Waals surface area contributed by atoms with E-state index < -0.39 is 59.0 Å². The molecular weight excluding hydrogens is 781 g/mol. The van der Waals surface area contributed by atoms with Crippen LogP contribution >= 0.6 is 0 Å². The summed E-state index contributed by atoms with van der Waals surface area (Å²) >= 11 is 0. The van der Waals surface area contributed by atoms with Gasteiger partial charge in [-0.25, -0.2) is 0 Å². The van der Waals surface area contributed by atoms with Crippen LogP contribution in [0.25, 0.3) is 0 Å². The number of epoxide rings is 2. The second-order valence-corrected chi connectivity index (χ2v) is 49.0. The molecule has 0 aromatic carbocycles. The lowest BCUT2D eigenvalue weighted by atomic mass is 9.88. The fraction of sp³-hybridized carbons (Fsp3) is 1.00. The van der Waals surface area contributed by atoms with Gasteiger partial charge in [-0.3, -0.25) is 0 Å². The lowest BCUT2D eigenvalue weighted by molar-refractivity contribution is 0.212. The molecule has 0 N–H and O–H groups in total. The predicted octanol–water partition coefficient (Wildman–Crippen LogP) is 11.0. The van der Waals surface area contributed by atoms with Crippen molar-refractivity contribution in [3.05, 3.63) is 0 Å². The van der Waals surface area contributed by atoms with Gasteiger partial charge in [0.15, 0.2) is 33.3 Å². The molecular formula is C38H80O8Si7. The summed E-state index contributed by atoms with van der Waals surface area (Å²) in [6.45, 7) is 25.6. The molecule has 5 saturated heterocycles. The van der Waals surface area contributed by atoms with Crippen molar-refractivity contribution < 1.29 is 34.8 Å². The van der Waals surface area contributed by atoms with E-state index in [4.69, 9.17) is 34.8 Å². The van der Waals surface area contributed by atoms with Gasteiger partial charge in [-0.2, -0.15) is 0 Å². The molecule has 5 heterocycles. The molecule has 15 heteroatoms. The fourth-order valence-electron chi connectivity index (χ4n) is 10.6. The molecule has 10 unspecified atom stereocenters. The van der Waals surface area contributed by atoms with E-state index in [9.17, 15) is 0 Å². The fourth-order valence-corrected chi connectivity index (χ4v) is 47.9. The van der Waals surface area contributed by atoms with E-state index in [1.165, 1.54) is 94.8 Å². The highest BCUT2D eigenvalue weighted by molar-refractivity contribution is 6.91. The molecule has 308 valence electrons. The van der Waals surface area contributed by atoms with E-state index in [0.717, 1.165) is 55.6 Å². The molecule has 7 rings (SSSR count). The topological polar surface area (TPSA) is 80.4 Å². The molecule has 2 saturated carbocycles. The van der Waals surface area contributed by atoms with Gasteiger partial charge in [0.05, 0.1) is 24.4 Å². The monoisotopic (exact) mass is 860 g/mol. The first-order valence-corrected chi connectivity index (χ1v) is 41.9. The van der Waals surface area contributed by atoms with Crippen LogP contribution in [-0.2, 0) is 34.8 Å². The summed E-state index contributed by atoms with van der Waals surface area (Å²) in [6, 6.07) is 9.49. The Morgan fingerprint density at radius 2 is 0.925 bits per heavy atom. The molecule has 8 nitrogen and oxygen atoms in total. The maximum Gasteiger partial charge on any atom is 0.325 e. The average Bonchev–Trinajstić information content (AvgIpc) is 3.99. The zero-order valence-electron chi connectivity index (χ0n) is 35.8. The standard InChI is InChI=1S/C25H56O6Si6.C13H24O2Si/c1-32(2)18-20-36(8)26-15-10-11-16-35(7,17-14-23-12-13-24-25(22-23)27-24)30-37(9,31-36)21-19-33(3,4)29-34(5,6)28-32;1-16(8-3-2-7-14-16)9-6-11-4-5-12-13(10-11)15-12/h23-25H,10-22H2,1-9H3;11-13H,2-10H2,1H3. The van der Waals surface area contributed by atoms with Crippen molar-refractivity contribution in [1.82, 2.24) is 0 Å². The summed E-state index contributed by atoms with van der Waals surface area (Å²) in [5.41, 5.74) is 0. The highest BCUT2D eigenvalue weighted by Crippen LogP contribution is 2.44. The maximum atomic E-state index is 7.50. The zero-order chi connectivity index (χ0) is 38.2. The molecule has 0 amide bonds. The first-order valence-electron chi connectivity index (χ1n) is 22.1. The van der Waals surface area contributed by atoms with Gasteiger partial charge in [-0.1, -0.05) is 25.7 Å². The molecule has 0 spiro atoms. The van der Waals surface area contributed by atoms with Crippen molar-refractivity contribution in [1.29, 1.82) is 0 Å². The van der Waals surface area contributed by atoms with E-state index in [2.05, 4.69) is 65.5 Å². The van der Waals surface area contributed by atoms with E-state index in [-0.39, 0.29) is 0 Å². The largest absolute Gasteiger partial charge is 0.437 e. The second-order valence-electron chi connectivity index (χ2n) is 21.0. The molecule has 7 fully saturated rings. The Hall–Kier alpha value is 1.20. The number of hydrogen-bond acceptors (Lipinski definition) is 8. The normalized spacial score (nSPS) is 45.4. The minimum Gasteiger partial charge on any atom is -0.437 e. The maximum absolute atomic E-state index is 7.50. The Bertz CT molecular complexity index is 1210. The average molecular weight is 862 g/mol. The third-order valence-corrected chi connectivity index (χ3v) is 42.7. The molecule has 0 aromatic rings. The second kappa shape index (κ2) is 17.4. The lowest BCUT2D eigenvalue weighted by Crippen LogP contribution is -2.60. The third kappa shape index (κ3) is 13.6. The summed E-state index contributed by atoms with van der Waals surface area (Å²) in [7, 11) is -14.1. The number of rotatable bonds is 6. The lowest BCUT2D eigenvalue weighted by Gasteiger charge is -2.46. The summed E-state index contributed by atoms with van der Waals surface area (Å²) in [6.07, 6.45) is 18.2. The van der Waals surface area contributed by atoms with Gasteiger partial charge in [-0.05, 0) is 177 Å². The minimum absolute atomic E-state index is 0.570. The van der Waals surface area contributed by atoms with Crippen molar-refractivity contribution in [3.63, 3.8) is 0 Å². The molecule has 10 atom stereocenters. The van der Waals surface area contributed by atoms with E-state index in [1.807, 2.05) is 0 Å². The quantitative estimate of drug-likeness (QED) is 0.193. The van der Waals surface area contributed by atoms with Crippen LogP contribution in [0.2, 0.25) is 114 Å².